The number of thiophene rings is 1. The quantitative estimate of drug-likeness (QED) is 0.702. The first-order valence-electron chi connectivity index (χ1n) is 6.10. The van der Waals surface area contributed by atoms with Gasteiger partial charge in [-0.2, -0.15) is 5.10 Å². The number of amides is 1. The van der Waals surface area contributed by atoms with Gasteiger partial charge in [-0.3, -0.25) is 9.89 Å². The third kappa shape index (κ3) is 4.19. The topological polar surface area (TPSA) is 90.9 Å². The lowest BCUT2D eigenvalue weighted by Crippen LogP contribution is -2.25. The van der Waals surface area contributed by atoms with E-state index in [1.54, 1.807) is 11.4 Å². The summed E-state index contributed by atoms with van der Waals surface area (Å²) in [5.41, 5.74) is 0.598. The fourth-order valence-corrected chi connectivity index (χ4v) is 2.23. The van der Waals surface area contributed by atoms with Crippen LogP contribution >= 0.6 is 11.3 Å². The van der Waals surface area contributed by atoms with E-state index in [4.69, 9.17) is 5.11 Å². The standard InChI is InChI=1S/C13H14N4O2S/c18-6-2-1-3-11-7-10(8-20-11)13(19)14-5-4-12-15-9-16-17-12/h7-9,18H,2,4-6H2,(H,14,19)(H,15,16,17). The summed E-state index contributed by atoms with van der Waals surface area (Å²) < 4.78 is 0. The third-order valence-corrected chi connectivity index (χ3v) is 3.27. The number of aliphatic hydroxyl groups excluding tert-OH is 1. The van der Waals surface area contributed by atoms with Crippen LogP contribution in [0.15, 0.2) is 17.8 Å². The first kappa shape index (κ1) is 14.2. The van der Waals surface area contributed by atoms with Crippen LogP contribution in [0.1, 0.15) is 27.5 Å². The molecular formula is C13H14N4O2S. The van der Waals surface area contributed by atoms with Crippen LogP contribution in [0.4, 0.5) is 0 Å². The Bertz CT molecular complexity index is 610. The van der Waals surface area contributed by atoms with Gasteiger partial charge in [-0.05, 0) is 6.07 Å². The molecule has 3 N–H and O–H groups in total. The second-order valence-corrected chi connectivity index (χ2v) is 4.82. The lowest BCUT2D eigenvalue weighted by atomic mass is 10.3. The van der Waals surface area contributed by atoms with Crippen LogP contribution in [0.2, 0.25) is 0 Å². The van der Waals surface area contributed by atoms with E-state index in [-0.39, 0.29) is 12.5 Å². The molecule has 0 fully saturated rings. The van der Waals surface area contributed by atoms with Crippen LogP contribution in [0.5, 0.6) is 0 Å². The van der Waals surface area contributed by atoms with Gasteiger partial charge in [0.25, 0.3) is 5.91 Å². The summed E-state index contributed by atoms with van der Waals surface area (Å²) in [4.78, 5) is 16.7. The number of nitrogens with one attached hydrogen (secondary N) is 2. The van der Waals surface area contributed by atoms with Crippen molar-refractivity contribution in [2.75, 3.05) is 13.2 Å². The molecule has 2 heterocycles. The van der Waals surface area contributed by atoms with Gasteiger partial charge in [0.2, 0.25) is 0 Å². The maximum atomic E-state index is 11.9. The monoisotopic (exact) mass is 290 g/mol. The molecule has 7 heteroatoms. The number of H-pyrrole nitrogens is 1. The summed E-state index contributed by atoms with van der Waals surface area (Å²) in [7, 11) is 0. The number of aromatic amines is 1. The molecule has 0 atom stereocenters. The maximum absolute atomic E-state index is 11.9. The van der Waals surface area contributed by atoms with Crippen molar-refractivity contribution in [3.8, 4) is 11.8 Å². The smallest absolute Gasteiger partial charge is 0.252 e. The molecule has 2 aromatic heterocycles. The van der Waals surface area contributed by atoms with Crippen molar-refractivity contribution < 1.29 is 9.90 Å². The van der Waals surface area contributed by atoms with Gasteiger partial charge in [0.05, 0.1) is 17.0 Å². The van der Waals surface area contributed by atoms with E-state index in [0.29, 0.717) is 24.9 Å². The number of aromatic nitrogens is 3. The Morgan fingerprint density at radius 1 is 1.55 bits per heavy atom. The third-order valence-electron chi connectivity index (χ3n) is 2.42. The number of nitrogens with zero attached hydrogens (tertiary/aromatic N) is 2. The average Bonchev–Trinajstić information content (AvgIpc) is 3.10. The molecule has 0 unspecified atom stereocenters. The van der Waals surface area contributed by atoms with E-state index >= 15 is 0 Å². The minimum absolute atomic E-state index is 0.0490. The molecule has 0 aliphatic rings. The minimum atomic E-state index is -0.129. The van der Waals surface area contributed by atoms with Gasteiger partial charge in [-0.15, -0.1) is 11.3 Å². The molecule has 0 aliphatic carbocycles. The summed E-state index contributed by atoms with van der Waals surface area (Å²) in [6.45, 7) is 0.544. The molecule has 0 aromatic carbocycles. The van der Waals surface area contributed by atoms with Crippen LogP contribution in [0.3, 0.4) is 0 Å². The SMILES string of the molecule is O=C(NCCc1ncn[nH]1)c1csc(C#CCCO)c1. The van der Waals surface area contributed by atoms with Gasteiger partial charge in [-0.25, -0.2) is 4.98 Å². The Morgan fingerprint density at radius 2 is 2.45 bits per heavy atom. The lowest BCUT2D eigenvalue weighted by Gasteiger charge is -2.01. The highest BCUT2D eigenvalue weighted by Crippen LogP contribution is 2.13. The Morgan fingerprint density at radius 3 is 3.20 bits per heavy atom. The molecule has 0 aliphatic heterocycles. The minimum Gasteiger partial charge on any atom is -0.395 e. The van der Waals surface area contributed by atoms with Crippen molar-refractivity contribution in [2.24, 2.45) is 0 Å². The number of rotatable bonds is 5. The van der Waals surface area contributed by atoms with Gasteiger partial charge >= 0.3 is 0 Å². The highest BCUT2D eigenvalue weighted by molar-refractivity contribution is 7.10. The summed E-state index contributed by atoms with van der Waals surface area (Å²) in [6, 6.07) is 1.75. The van der Waals surface area contributed by atoms with E-state index in [1.807, 2.05) is 0 Å². The molecule has 20 heavy (non-hydrogen) atoms. The number of aliphatic hydroxyl groups is 1. The highest BCUT2D eigenvalue weighted by Gasteiger charge is 2.07. The second-order valence-electron chi connectivity index (χ2n) is 3.91. The molecular weight excluding hydrogens is 276 g/mol. The summed E-state index contributed by atoms with van der Waals surface area (Å²) in [6.07, 6.45) is 2.49. The number of carbonyl (C=O) groups is 1. The molecule has 6 nitrogen and oxygen atoms in total. The van der Waals surface area contributed by atoms with Crippen molar-refractivity contribution in [3.63, 3.8) is 0 Å². The molecule has 104 valence electrons. The van der Waals surface area contributed by atoms with Crippen LogP contribution in [0.25, 0.3) is 0 Å². The van der Waals surface area contributed by atoms with Crippen molar-refractivity contribution in [2.45, 2.75) is 12.8 Å². The molecule has 2 rings (SSSR count). The fraction of sp³-hybridized carbons (Fsp3) is 0.308. The summed E-state index contributed by atoms with van der Waals surface area (Å²) >= 11 is 1.41. The number of hydrogen-bond donors (Lipinski definition) is 3. The maximum Gasteiger partial charge on any atom is 0.252 e. The summed E-state index contributed by atoms with van der Waals surface area (Å²) in [5.74, 6) is 6.34. The first-order chi connectivity index (χ1) is 9.79. The fourth-order valence-electron chi connectivity index (χ4n) is 1.47. The predicted octanol–water partition coefficient (Wildman–Crippen LogP) is 0.573. The first-order valence-corrected chi connectivity index (χ1v) is 6.98. The van der Waals surface area contributed by atoms with Gasteiger partial charge < -0.3 is 10.4 Å². The van der Waals surface area contributed by atoms with Gasteiger partial charge in [0.15, 0.2) is 0 Å². The zero-order valence-electron chi connectivity index (χ0n) is 10.7. The predicted molar refractivity (Wildman–Crippen MR) is 75.3 cm³/mol. The highest BCUT2D eigenvalue weighted by atomic mass is 32.1. The van der Waals surface area contributed by atoms with Crippen LogP contribution in [-0.2, 0) is 6.42 Å². The summed E-state index contributed by atoms with van der Waals surface area (Å²) in [5, 5.41) is 19.7. The van der Waals surface area contributed by atoms with Crippen LogP contribution in [-0.4, -0.2) is 39.3 Å². The molecule has 0 radical (unpaired) electrons. The Balaban J connectivity index is 1.82. The number of carbonyl (C=O) groups excluding carboxylic acids is 1. The lowest BCUT2D eigenvalue weighted by molar-refractivity contribution is 0.0954. The van der Waals surface area contributed by atoms with Crippen molar-refractivity contribution in [1.82, 2.24) is 20.5 Å². The zero-order chi connectivity index (χ0) is 14.2. The molecule has 2 aromatic rings. The van der Waals surface area contributed by atoms with Crippen molar-refractivity contribution in [3.05, 3.63) is 34.0 Å². The normalized spacial score (nSPS) is 9.85. The van der Waals surface area contributed by atoms with E-state index in [2.05, 4.69) is 32.3 Å². The van der Waals surface area contributed by atoms with E-state index < -0.39 is 0 Å². The largest absolute Gasteiger partial charge is 0.395 e. The van der Waals surface area contributed by atoms with Gasteiger partial charge in [0.1, 0.15) is 12.2 Å². The second kappa shape index (κ2) is 7.43. The van der Waals surface area contributed by atoms with Crippen molar-refractivity contribution in [1.29, 1.82) is 0 Å². The Kier molecular flexibility index (Phi) is 5.29. The van der Waals surface area contributed by atoms with Crippen LogP contribution in [0, 0.1) is 11.8 Å². The molecule has 0 saturated carbocycles. The van der Waals surface area contributed by atoms with Crippen molar-refractivity contribution >= 4 is 17.2 Å². The molecule has 0 saturated heterocycles. The average molecular weight is 290 g/mol. The molecule has 1 amide bonds. The van der Waals surface area contributed by atoms with E-state index in [0.717, 1.165) is 10.7 Å². The number of hydrogen-bond acceptors (Lipinski definition) is 5. The Hall–Kier alpha value is -2.17. The Labute approximate surface area is 120 Å². The molecule has 0 bridgehead atoms. The van der Waals surface area contributed by atoms with Gasteiger partial charge in [-0.1, -0.05) is 11.8 Å². The van der Waals surface area contributed by atoms with Gasteiger partial charge in [0, 0.05) is 24.8 Å². The van der Waals surface area contributed by atoms with E-state index in [1.165, 1.54) is 17.7 Å². The van der Waals surface area contributed by atoms with Crippen LogP contribution < -0.4 is 5.32 Å². The molecule has 0 spiro atoms. The van der Waals surface area contributed by atoms with E-state index in [9.17, 15) is 4.79 Å². The zero-order valence-corrected chi connectivity index (χ0v) is 11.5.